The Kier molecular flexibility index (Phi) is 6.48. The zero-order valence-corrected chi connectivity index (χ0v) is 14.3. The predicted molar refractivity (Wildman–Crippen MR) is 94.6 cm³/mol. The van der Waals surface area contributed by atoms with E-state index in [1.54, 1.807) is 12.4 Å². The lowest BCUT2D eigenvalue weighted by molar-refractivity contribution is -0.123. The highest BCUT2D eigenvalue weighted by Gasteiger charge is 2.22. The quantitative estimate of drug-likeness (QED) is 0.832. The van der Waals surface area contributed by atoms with Crippen LogP contribution < -0.4 is 5.32 Å². The van der Waals surface area contributed by atoms with Crippen molar-refractivity contribution in [2.24, 2.45) is 0 Å². The highest BCUT2D eigenvalue weighted by Crippen LogP contribution is 2.14. The van der Waals surface area contributed by atoms with Crippen LogP contribution in [0.4, 0.5) is 0 Å². The molecular formula is C19H24N4O2. The van der Waals surface area contributed by atoms with Gasteiger partial charge >= 0.3 is 0 Å². The molecule has 2 aromatic rings. The molecule has 1 atom stereocenters. The summed E-state index contributed by atoms with van der Waals surface area (Å²) in [4.78, 5) is 22.6. The molecule has 0 bridgehead atoms. The summed E-state index contributed by atoms with van der Waals surface area (Å²) in [5.74, 6) is 0.0264. The van der Waals surface area contributed by atoms with Crippen LogP contribution in [0, 0.1) is 0 Å². The van der Waals surface area contributed by atoms with Crippen LogP contribution in [0.3, 0.4) is 0 Å². The van der Waals surface area contributed by atoms with E-state index >= 15 is 0 Å². The van der Waals surface area contributed by atoms with E-state index in [1.807, 2.05) is 36.5 Å². The number of amides is 1. The van der Waals surface area contributed by atoms with Crippen LogP contribution in [-0.4, -0.2) is 46.5 Å². The fraction of sp³-hybridized carbons (Fsp3) is 0.421. The van der Waals surface area contributed by atoms with Crippen molar-refractivity contribution in [1.29, 1.82) is 0 Å². The third-order valence-electron chi connectivity index (χ3n) is 4.23. The second kappa shape index (κ2) is 9.25. The van der Waals surface area contributed by atoms with Crippen molar-refractivity contribution >= 4 is 5.91 Å². The van der Waals surface area contributed by atoms with Gasteiger partial charge in [-0.3, -0.25) is 19.7 Å². The first-order valence-electron chi connectivity index (χ1n) is 8.69. The molecule has 3 rings (SSSR count). The monoisotopic (exact) mass is 340 g/mol. The molecule has 1 N–H and O–H groups in total. The number of hydrogen-bond acceptors (Lipinski definition) is 5. The van der Waals surface area contributed by atoms with Crippen LogP contribution in [0.5, 0.6) is 0 Å². The zero-order valence-electron chi connectivity index (χ0n) is 14.3. The zero-order chi connectivity index (χ0) is 17.3. The Morgan fingerprint density at radius 1 is 1.28 bits per heavy atom. The molecule has 1 unspecified atom stereocenters. The Morgan fingerprint density at radius 3 is 3.04 bits per heavy atom. The van der Waals surface area contributed by atoms with Crippen LogP contribution in [0.1, 0.15) is 24.1 Å². The van der Waals surface area contributed by atoms with E-state index in [4.69, 9.17) is 4.74 Å². The van der Waals surface area contributed by atoms with Gasteiger partial charge in [0, 0.05) is 25.1 Å². The minimum atomic E-state index is 0.0264. The summed E-state index contributed by atoms with van der Waals surface area (Å²) >= 11 is 0. The summed E-state index contributed by atoms with van der Waals surface area (Å²) in [6.07, 6.45) is 7.56. The van der Waals surface area contributed by atoms with Gasteiger partial charge in [-0.15, -0.1) is 0 Å². The Labute approximate surface area is 148 Å². The fourth-order valence-corrected chi connectivity index (χ4v) is 2.94. The molecule has 2 aromatic heterocycles. The number of hydrogen-bond donors (Lipinski definition) is 1. The number of likely N-dealkylation sites (tertiary alicyclic amines) is 1. The van der Waals surface area contributed by atoms with Crippen molar-refractivity contribution in [3.63, 3.8) is 0 Å². The molecule has 0 aliphatic carbocycles. The van der Waals surface area contributed by atoms with E-state index in [1.165, 1.54) is 0 Å². The fourth-order valence-electron chi connectivity index (χ4n) is 2.94. The Hall–Kier alpha value is -2.31. The van der Waals surface area contributed by atoms with Gasteiger partial charge in [0.05, 0.1) is 31.5 Å². The highest BCUT2D eigenvalue weighted by molar-refractivity contribution is 5.77. The van der Waals surface area contributed by atoms with Crippen molar-refractivity contribution in [2.75, 3.05) is 19.6 Å². The second-order valence-corrected chi connectivity index (χ2v) is 6.27. The normalized spacial score (nSPS) is 18.0. The summed E-state index contributed by atoms with van der Waals surface area (Å²) < 4.78 is 5.99. The Morgan fingerprint density at radius 2 is 2.24 bits per heavy atom. The highest BCUT2D eigenvalue weighted by atomic mass is 16.5. The van der Waals surface area contributed by atoms with E-state index in [9.17, 15) is 4.79 Å². The van der Waals surface area contributed by atoms with Crippen molar-refractivity contribution in [1.82, 2.24) is 20.2 Å². The minimum absolute atomic E-state index is 0.0264. The van der Waals surface area contributed by atoms with Crippen LogP contribution >= 0.6 is 0 Å². The summed E-state index contributed by atoms with van der Waals surface area (Å²) in [7, 11) is 0. The van der Waals surface area contributed by atoms with E-state index in [-0.39, 0.29) is 12.0 Å². The molecule has 0 aromatic carbocycles. The molecule has 0 spiro atoms. The summed E-state index contributed by atoms with van der Waals surface area (Å²) in [6, 6.07) is 9.62. The summed E-state index contributed by atoms with van der Waals surface area (Å²) in [6.45, 7) is 3.16. The second-order valence-electron chi connectivity index (χ2n) is 6.27. The van der Waals surface area contributed by atoms with E-state index in [0.717, 1.165) is 37.2 Å². The summed E-state index contributed by atoms with van der Waals surface area (Å²) in [5.41, 5.74) is 1.94. The number of nitrogens with zero attached hydrogens (tertiary/aromatic N) is 3. The van der Waals surface area contributed by atoms with Gasteiger partial charge in [0.15, 0.2) is 0 Å². The molecule has 6 heteroatoms. The predicted octanol–water partition coefficient (Wildman–Crippen LogP) is 1.77. The molecule has 0 radical (unpaired) electrons. The maximum Gasteiger partial charge on any atom is 0.234 e. The number of rotatable bonds is 7. The lowest BCUT2D eigenvalue weighted by Gasteiger charge is -2.32. The molecule has 6 nitrogen and oxygen atoms in total. The smallest absolute Gasteiger partial charge is 0.234 e. The maximum absolute atomic E-state index is 12.1. The van der Waals surface area contributed by atoms with E-state index in [0.29, 0.717) is 19.7 Å². The first-order chi connectivity index (χ1) is 12.3. The van der Waals surface area contributed by atoms with Crippen LogP contribution in [0.2, 0.25) is 0 Å². The molecule has 1 fully saturated rings. The number of piperidine rings is 1. The summed E-state index contributed by atoms with van der Waals surface area (Å²) in [5, 5.41) is 2.93. The van der Waals surface area contributed by atoms with Crippen LogP contribution in [0.25, 0.3) is 0 Å². The Bertz CT molecular complexity index is 651. The lowest BCUT2D eigenvalue weighted by Crippen LogP contribution is -2.44. The first kappa shape index (κ1) is 17.5. The SMILES string of the molecule is O=C(CN1CCCC(OCc2cccnc2)C1)NCc1ccccn1. The molecule has 1 aliphatic rings. The first-order valence-corrected chi connectivity index (χ1v) is 8.69. The van der Waals surface area contributed by atoms with Crippen molar-refractivity contribution in [2.45, 2.75) is 32.1 Å². The van der Waals surface area contributed by atoms with Gasteiger partial charge in [-0.25, -0.2) is 0 Å². The number of nitrogens with one attached hydrogen (secondary N) is 1. The van der Waals surface area contributed by atoms with Crippen molar-refractivity contribution < 1.29 is 9.53 Å². The number of pyridine rings is 2. The number of aromatic nitrogens is 2. The molecular weight excluding hydrogens is 316 g/mol. The van der Waals surface area contributed by atoms with Gasteiger partial charge in [-0.05, 0) is 43.1 Å². The minimum Gasteiger partial charge on any atom is -0.372 e. The largest absolute Gasteiger partial charge is 0.372 e. The number of carbonyl (C=O) groups excluding carboxylic acids is 1. The van der Waals surface area contributed by atoms with Gasteiger partial charge in [0.25, 0.3) is 0 Å². The van der Waals surface area contributed by atoms with Crippen LogP contribution in [-0.2, 0) is 22.7 Å². The van der Waals surface area contributed by atoms with Gasteiger partial charge in [0.2, 0.25) is 5.91 Å². The molecule has 132 valence electrons. The topological polar surface area (TPSA) is 67.4 Å². The Balaban J connectivity index is 1.39. The van der Waals surface area contributed by atoms with Gasteiger partial charge in [-0.2, -0.15) is 0 Å². The third-order valence-corrected chi connectivity index (χ3v) is 4.23. The molecule has 3 heterocycles. The standard InChI is InChI=1S/C19H24N4O2/c24-19(22-12-17-6-1-2-9-21-17)14-23-10-4-7-18(13-23)25-15-16-5-3-8-20-11-16/h1-3,5-6,8-9,11,18H,4,7,10,12-15H2,(H,22,24). The molecule has 25 heavy (non-hydrogen) atoms. The van der Waals surface area contributed by atoms with Gasteiger partial charge in [-0.1, -0.05) is 12.1 Å². The maximum atomic E-state index is 12.1. The average molecular weight is 340 g/mol. The van der Waals surface area contributed by atoms with Crippen molar-refractivity contribution in [3.05, 3.63) is 60.2 Å². The molecule has 1 aliphatic heterocycles. The van der Waals surface area contributed by atoms with Gasteiger partial charge in [0.1, 0.15) is 0 Å². The number of carbonyl (C=O) groups is 1. The number of ether oxygens (including phenoxy) is 1. The molecule has 1 amide bonds. The average Bonchev–Trinajstić information content (AvgIpc) is 2.67. The van der Waals surface area contributed by atoms with Crippen molar-refractivity contribution in [3.8, 4) is 0 Å². The van der Waals surface area contributed by atoms with E-state index in [2.05, 4.69) is 20.2 Å². The van der Waals surface area contributed by atoms with Crippen LogP contribution in [0.15, 0.2) is 48.9 Å². The third kappa shape index (κ3) is 5.92. The van der Waals surface area contributed by atoms with Gasteiger partial charge < -0.3 is 10.1 Å². The molecule has 0 saturated carbocycles. The lowest BCUT2D eigenvalue weighted by atomic mass is 10.1. The van der Waals surface area contributed by atoms with E-state index < -0.39 is 0 Å². The molecule has 1 saturated heterocycles.